The quantitative estimate of drug-likeness (QED) is 0.529. The second-order valence-corrected chi connectivity index (χ2v) is 5.74. The minimum absolute atomic E-state index is 0.387. The molecule has 110 valence electrons. The molecule has 0 fully saturated rings. The second-order valence-electron chi connectivity index (χ2n) is 5.74. The van der Waals surface area contributed by atoms with Crippen LogP contribution in [0.5, 0.6) is 0 Å². The van der Waals surface area contributed by atoms with Crippen LogP contribution >= 0.6 is 0 Å². The van der Waals surface area contributed by atoms with Gasteiger partial charge in [-0.15, -0.1) is 0 Å². The third-order valence-corrected chi connectivity index (χ3v) is 2.95. The number of rotatable bonds is 12. The van der Waals surface area contributed by atoms with Crippen LogP contribution in [0.15, 0.2) is 0 Å². The molecule has 0 saturated heterocycles. The van der Waals surface area contributed by atoms with E-state index in [1.165, 1.54) is 32.1 Å². The second kappa shape index (κ2) is 11.9. The lowest BCUT2D eigenvalue weighted by atomic mass is 10.1. The molecule has 2 unspecified atom stereocenters. The molecule has 18 heavy (non-hydrogen) atoms. The highest BCUT2D eigenvalue weighted by Gasteiger charge is 2.07. The van der Waals surface area contributed by atoms with Crippen molar-refractivity contribution in [2.24, 2.45) is 5.92 Å². The van der Waals surface area contributed by atoms with Gasteiger partial charge in [-0.1, -0.05) is 46.5 Å². The minimum Gasteiger partial charge on any atom is -0.389 e. The number of aliphatic hydroxyl groups excluding tert-OH is 1. The molecule has 0 saturated carbocycles. The Bertz CT molecular complexity index is 174. The lowest BCUT2D eigenvalue weighted by molar-refractivity contribution is 0.0251. The van der Waals surface area contributed by atoms with Gasteiger partial charge in [0.1, 0.15) is 0 Å². The van der Waals surface area contributed by atoms with Crippen LogP contribution in [0.3, 0.4) is 0 Å². The third-order valence-electron chi connectivity index (χ3n) is 2.95. The lowest BCUT2D eigenvalue weighted by Crippen LogP contribution is -2.36. The van der Waals surface area contributed by atoms with Crippen LogP contribution in [0.2, 0.25) is 0 Å². The molecule has 0 spiro atoms. The highest BCUT2D eigenvalue weighted by atomic mass is 16.5. The summed E-state index contributed by atoms with van der Waals surface area (Å²) in [6.07, 6.45) is 6.03. The van der Waals surface area contributed by atoms with Gasteiger partial charge in [0.25, 0.3) is 0 Å². The van der Waals surface area contributed by atoms with Crippen molar-refractivity contribution in [3.05, 3.63) is 0 Å². The molecule has 0 aromatic heterocycles. The number of aliphatic hydroxyl groups is 1. The molecule has 2 atom stereocenters. The van der Waals surface area contributed by atoms with Gasteiger partial charge in [-0.2, -0.15) is 0 Å². The Kier molecular flexibility index (Phi) is 11.9. The predicted molar refractivity (Wildman–Crippen MR) is 77.9 cm³/mol. The molecule has 0 aliphatic rings. The molecule has 0 aromatic carbocycles. The van der Waals surface area contributed by atoms with Crippen molar-refractivity contribution in [3.63, 3.8) is 0 Å². The average Bonchev–Trinajstić information content (AvgIpc) is 2.31. The van der Waals surface area contributed by atoms with E-state index in [1.54, 1.807) is 0 Å². The maximum Gasteiger partial charge on any atom is 0.0897 e. The number of hydrogen-bond donors (Lipinski definition) is 2. The molecule has 0 heterocycles. The Hall–Kier alpha value is -0.120. The van der Waals surface area contributed by atoms with Crippen molar-refractivity contribution >= 4 is 0 Å². The Morgan fingerprint density at radius 1 is 1.06 bits per heavy atom. The van der Waals surface area contributed by atoms with Gasteiger partial charge in [0.05, 0.1) is 12.7 Å². The van der Waals surface area contributed by atoms with Gasteiger partial charge in [0.2, 0.25) is 0 Å². The average molecular weight is 259 g/mol. The fourth-order valence-corrected chi connectivity index (χ4v) is 1.82. The SMILES string of the molecule is CCCCCCC(C)NCC(O)COCC(C)C. The molecule has 0 rings (SSSR count). The van der Waals surface area contributed by atoms with Gasteiger partial charge in [0.15, 0.2) is 0 Å². The Labute approximate surface area is 113 Å². The molecule has 3 nitrogen and oxygen atoms in total. The van der Waals surface area contributed by atoms with E-state index in [2.05, 4.69) is 33.0 Å². The van der Waals surface area contributed by atoms with E-state index in [9.17, 15) is 5.11 Å². The van der Waals surface area contributed by atoms with Crippen molar-refractivity contribution in [1.82, 2.24) is 5.32 Å². The van der Waals surface area contributed by atoms with E-state index in [1.807, 2.05) is 0 Å². The number of nitrogens with one attached hydrogen (secondary N) is 1. The molecule has 0 aliphatic heterocycles. The first-order chi connectivity index (χ1) is 8.56. The van der Waals surface area contributed by atoms with Crippen molar-refractivity contribution in [1.29, 1.82) is 0 Å². The largest absolute Gasteiger partial charge is 0.389 e. The highest BCUT2D eigenvalue weighted by molar-refractivity contribution is 4.65. The van der Waals surface area contributed by atoms with Crippen LogP contribution < -0.4 is 5.32 Å². The van der Waals surface area contributed by atoms with Gasteiger partial charge in [-0.3, -0.25) is 0 Å². The van der Waals surface area contributed by atoms with Crippen LogP contribution in [-0.2, 0) is 4.74 Å². The molecule has 0 amide bonds. The molecular weight excluding hydrogens is 226 g/mol. The summed E-state index contributed by atoms with van der Waals surface area (Å²) in [7, 11) is 0. The summed E-state index contributed by atoms with van der Waals surface area (Å²) in [4.78, 5) is 0. The first-order valence-electron chi connectivity index (χ1n) is 7.55. The first-order valence-corrected chi connectivity index (χ1v) is 7.55. The maximum atomic E-state index is 9.73. The van der Waals surface area contributed by atoms with Crippen molar-refractivity contribution < 1.29 is 9.84 Å². The fraction of sp³-hybridized carbons (Fsp3) is 1.00. The van der Waals surface area contributed by atoms with Crippen LogP contribution in [0, 0.1) is 5.92 Å². The van der Waals surface area contributed by atoms with E-state index in [4.69, 9.17) is 4.74 Å². The number of ether oxygens (including phenoxy) is 1. The molecule has 0 radical (unpaired) electrons. The summed E-state index contributed by atoms with van der Waals surface area (Å²) in [5, 5.41) is 13.1. The smallest absolute Gasteiger partial charge is 0.0897 e. The number of hydrogen-bond acceptors (Lipinski definition) is 3. The van der Waals surface area contributed by atoms with Gasteiger partial charge < -0.3 is 15.2 Å². The van der Waals surface area contributed by atoms with Gasteiger partial charge in [0, 0.05) is 19.2 Å². The fourth-order valence-electron chi connectivity index (χ4n) is 1.82. The van der Waals surface area contributed by atoms with E-state index in [0.717, 1.165) is 6.61 Å². The zero-order valence-corrected chi connectivity index (χ0v) is 12.7. The first kappa shape index (κ1) is 17.9. The van der Waals surface area contributed by atoms with E-state index < -0.39 is 0 Å². The Morgan fingerprint density at radius 3 is 2.39 bits per heavy atom. The molecular formula is C15H33NO2. The highest BCUT2D eigenvalue weighted by Crippen LogP contribution is 2.05. The van der Waals surface area contributed by atoms with E-state index >= 15 is 0 Å². The van der Waals surface area contributed by atoms with Crippen LogP contribution in [0.1, 0.15) is 59.8 Å². The zero-order valence-electron chi connectivity index (χ0n) is 12.7. The molecule has 0 aromatic rings. The maximum absolute atomic E-state index is 9.73. The molecule has 3 heteroatoms. The topological polar surface area (TPSA) is 41.5 Å². The Morgan fingerprint density at radius 2 is 1.78 bits per heavy atom. The summed E-state index contributed by atoms with van der Waals surface area (Å²) >= 11 is 0. The monoisotopic (exact) mass is 259 g/mol. The standard InChI is InChI=1S/C15H33NO2/c1-5-6-7-8-9-14(4)16-10-15(17)12-18-11-13(2)3/h13-17H,5-12H2,1-4H3. The Balaban J connectivity index is 3.38. The van der Waals surface area contributed by atoms with Gasteiger partial charge >= 0.3 is 0 Å². The summed E-state index contributed by atoms with van der Waals surface area (Å²) in [5.74, 6) is 0.530. The van der Waals surface area contributed by atoms with E-state index in [0.29, 0.717) is 25.1 Å². The minimum atomic E-state index is -0.387. The molecule has 2 N–H and O–H groups in total. The normalized spacial score (nSPS) is 15.0. The summed E-state index contributed by atoms with van der Waals surface area (Å²) < 4.78 is 5.41. The number of unbranched alkanes of at least 4 members (excludes halogenated alkanes) is 3. The molecule has 0 aliphatic carbocycles. The zero-order chi connectivity index (χ0) is 13.8. The summed E-state index contributed by atoms with van der Waals surface area (Å²) in [6.45, 7) is 10.4. The summed E-state index contributed by atoms with van der Waals surface area (Å²) in [6, 6.07) is 0.488. The predicted octanol–water partition coefficient (Wildman–Crippen LogP) is 2.97. The van der Waals surface area contributed by atoms with Crippen LogP contribution in [0.4, 0.5) is 0 Å². The lowest BCUT2D eigenvalue weighted by Gasteiger charge is -2.17. The van der Waals surface area contributed by atoms with Crippen LogP contribution in [0.25, 0.3) is 0 Å². The molecule has 0 bridgehead atoms. The van der Waals surface area contributed by atoms with Crippen molar-refractivity contribution in [2.75, 3.05) is 19.8 Å². The van der Waals surface area contributed by atoms with Crippen molar-refractivity contribution in [3.8, 4) is 0 Å². The van der Waals surface area contributed by atoms with Gasteiger partial charge in [-0.25, -0.2) is 0 Å². The summed E-state index contributed by atoms with van der Waals surface area (Å²) in [5.41, 5.74) is 0. The van der Waals surface area contributed by atoms with Crippen LogP contribution in [-0.4, -0.2) is 37.0 Å². The van der Waals surface area contributed by atoms with Gasteiger partial charge in [-0.05, 0) is 19.3 Å². The van der Waals surface area contributed by atoms with E-state index in [-0.39, 0.29) is 6.10 Å². The van der Waals surface area contributed by atoms with Crippen molar-refractivity contribution in [2.45, 2.75) is 71.9 Å². The third kappa shape index (κ3) is 12.3.